The predicted molar refractivity (Wildman–Crippen MR) is 107 cm³/mol. The van der Waals surface area contributed by atoms with Crippen LogP contribution in [-0.4, -0.2) is 46.4 Å². The van der Waals surface area contributed by atoms with Crippen molar-refractivity contribution in [1.82, 2.24) is 15.2 Å². The molecule has 2 N–H and O–H groups in total. The number of carbonyl (C=O) groups excluding carboxylic acids is 3. The van der Waals surface area contributed by atoms with Crippen LogP contribution in [0.2, 0.25) is 0 Å². The molecule has 2 atom stereocenters. The van der Waals surface area contributed by atoms with E-state index in [9.17, 15) is 14.4 Å². The fourth-order valence-corrected chi connectivity index (χ4v) is 3.20. The Balaban J connectivity index is 1.52. The monoisotopic (exact) mass is 396 g/mol. The highest BCUT2D eigenvalue weighted by molar-refractivity contribution is 5.98. The Morgan fingerprint density at radius 3 is 2.66 bits per heavy atom. The molecule has 0 aliphatic carbocycles. The number of nitrogens with zero attached hydrogens (tertiary/aromatic N) is 2. The number of amides is 3. The number of anilines is 1. The van der Waals surface area contributed by atoms with Crippen molar-refractivity contribution in [2.45, 2.75) is 38.5 Å². The Labute approximate surface area is 169 Å². The van der Waals surface area contributed by atoms with E-state index >= 15 is 0 Å². The average molecular weight is 396 g/mol. The van der Waals surface area contributed by atoms with Gasteiger partial charge in [0.1, 0.15) is 24.5 Å². The molecule has 8 heteroatoms. The summed E-state index contributed by atoms with van der Waals surface area (Å²) in [6, 6.07) is 13.1. The highest BCUT2D eigenvalue weighted by Crippen LogP contribution is 2.20. The van der Waals surface area contributed by atoms with E-state index in [-0.39, 0.29) is 18.4 Å². The van der Waals surface area contributed by atoms with Crippen LogP contribution in [0.25, 0.3) is 0 Å². The second kappa shape index (κ2) is 9.68. The first kappa shape index (κ1) is 20.3. The number of aromatic nitrogens is 1. The van der Waals surface area contributed by atoms with Crippen molar-refractivity contribution >= 4 is 23.7 Å². The Morgan fingerprint density at radius 2 is 1.93 bits per heavy atom. The first-order chi connectivity index (χ1) is 14.0. The van der Waals surface area contributed by atoms with Crippen molar-refractivity contribution in [3.63, 3.8) is 0 Å². The second-order valence-corrected chi connectivity index (χ2v) is 6.82. The molecule has 1 aliphatic rings. The van der Waals surface area contributed by atoms with Crippen LogP contribution < -0.4 is 10.6 Å². The molecule has 0 saturated carbocycles. The molecule has 8 nitrogen and oxygen atoms in total. The second-order valence-electron chi connectivity index (χ2n) is 6.82. The number of carbonyl (C=O) groups is 3. The van der Waals surface area contributed by atoms with E-state index in [2.05, 4.69) is 15.6 Å². The standard InChI is InChI=1S/C21H24N4O4/c1-15(23-21(28)29-14-16-8-3-2-4-9-16)20(27)25-13-7-10-17(25)19(26)24-18-11-5-6-12-22-18/h2-6,8-9,11-12,15,17H,7,10,13-14H2,1H3,(H,23,28)(H,22,24,26)/t15-,17-/m0/s1. The maximum Gasteiger partial charge on any atom is 0.408 e. The zero-order valence-electron chi connectivity index (χ0n) is 16.2. The number of rotatable bonds is 6. The van der Waals surface area contributed by atoms with E-state index in [0.29, 0.717) is 18.8 Å². The van der Waals surface area contributed by atoms with Crippen LogP contribution in [-0.2, 0) is 20.9 Å². The van der Waals surface area contributed by atoms with Gasteiger partial charge in [0.05, 0.1) is 0 Å². The molecule has 3 amide bonds. The van der Waals surface area contributed by atoms with Gasteiger partial charge in [-0.2, -0.15) is 0 Å². The van der Waals surface area contributed by atoms with Crippen LogP contribution in [0.4, 0.5) is 10.6 Å². The summed E-state index contributed by atoms with van der Waals surface area (Å²) in [5, 5.41) is 5.27. The minimum absolute atomic E-state index is 0.117. The van der Waals surface area contributed by atoms with Crippen molar-refractivity contribution in [3.8, 4) is 0 Å². The Bertz CT molecular complexity index is 844. The fraction of sp³-hybridized carbons (Fsp3) is 0.333. The molecule has 152 valence electrons. The summed E-state index contributed by atoms with van der Waals surface area (Å²) in [6.07, 6.45) is 2.19. The Kier molecular flexibility index (Phi) is 6.78. The first-order valence-electron chi connectivity index (χ1n) is 9.54. The molecular weight excluding hydrogens is 372 g/mol. The van der Waals surface area contributed by atoms with Gasteiger partial charge in [0, 0.05) is 12.7 Å². The van der Waals surface area contributed by atoms with Crippen molar-refractivity contribution in [1.29, 1.82) is 0 Å². The maximum absolute atomic E-state index is 12.8. The number of nitrogens with one attached hydrogen (secondary N) is 2. The highest BCUT2D eigenvalue weighted by Gasteiger charge is 2.36. The van der Waals surface area contributed by atoms with Crippen molar-refractivity contribution < 1.29 is 19.1 Å². The van der Waals surface area contributed by atoms with Crippen molar-refractivity contribution in [2.24, 2.45) is 0 Å². The first-order valence-corrected chi connectivity index (χ1v) is 9.54. The number of hydrogen-bond acceptors (Lipinski definition) is 5. The summed E-state index contributed by atoms with van der Waals surface area (Å²) in [5.74, 6) is -0.166. The van der Waals surface area contributed by atoms with E-state index in [1.54, 1.807) is 31.3 Å². The highest BCUT2D eigenvalue weighted by atomic mass is 16.5. The molecule has 0 bridgehead atoms. The van der Waals surface area contributed by atoms with E-state index in [4.69, 9.17) is 4.74 Å². The quantitative estimate of drug-likeness (QED) is 0.781. The lowest BCUT2D eigenvalue weighted by molar-refractivity contribution is -0.138. The van der Waals surface area contributed by atoms with Gasteiger partial charge < -0.3 is 20.3 Å². The summed E-state index contributed by atoms with van der Waals surface area (Å²) < 4.78 is 5.16. The molecule has 29 heavy (non-hydrogen) atoms. The van der Waals surface area contributed by atoms with Crippen LogP contribution in [0, 0.1) is 0 Å². The zero-order valence-corrected chi connectivity index (χ0v) is 16.2. The van der Waals surface area contributed by atoms with Crippen LogP contribution in [0.5, 0.6) is 0 Å². The van der Waals surface area contributed by atoms with E-state index in [1.165, 1.54) is 4.90 Å². The third-order valence-corrected chi connectivity index (χ3v) is 4.67. The molecule has 2 aromatic rings. The van der Waals surface area contributed by atoms with Crippen LogP contribution in [0.3, 0.4) is 0 Å². The minimum atomic E-state index is -0.804. The summed E-state index contributed by atoms with van der Waals surface area (Å²) >= 11 is 0. The largest absolute Gasteiger partial charge is 0.445 e. The average Bonchev–Trinajstić information content (AvgIpc) is 3.23. The fourth-order valence-electron chi connectivity index (χ4n) is 3.20. The van der Waals surface area contributed by atoms with Gasteiger partial charge in [0.15, 0.2) is 0 Å². The lowest BCUT2D eigenvalue weighted by Crippen LogP contribution is -2.51. The van der Waals surface area contributed by atoms with Crippen molar-refractivity contribution in [2.75, 3.05) is 11.9 Å². The molecule has 1 saturated heterocycles. The van der Waals surface area contributed by atoms with Crippen LogP contribution >= 0.6 is 0 Å². The number of alkyl carbamates (subject to hydrolysis) is 1. The lowest BCUT2D eigenvalue weighted by Gasteiger charge is -2.26. The number of benzene rings is 1. The SMILES string of the molecule is C[C@H](NC(=O)OCc1ccccc1)C(=O)N1CCC[C@H]1C(=O)Nc1ccccn1. The molecule has 1 aliphatic heterocycles. The molecule has 2 heterocycles. The van der Waals surface area contributed by atoms with Gasteiger partial charge in [-0.05, 0) is 37.5 Å². The lowest BCUT2D eigenvalue weighted by atomic mass is 10.2. The zero-order chi connectivity index (χ0) is 20.6. The van der Waals surface area contributed by atoms with E-state index < -0.39 is 18.2 Å². The smallest absolute Gasteiger partial charge is 0.408 e. The summed E-state index contributed by atoms with van der Waals surface area (Å²) in [7, 11) is 0. The molecule has 0 spiro atoms. The summed E-state index contributed by atoms with van der Waals surface area (Å²) in [6.45, 7) is 2.16. The molecule has 3 rings (SSSR count). The predicted octanol–water partition coefficient (Wildman–Crippen LogP) is 2.33. The molecule has 1 aromatic heterocycles. The minimum Gasteiger partial charge on any atom is -0.445 e. The van der Waals surface area contributed by atoms with E-state index in [0.717, 1.165) is 12.0 Å². The maximum atomic E-state index is 12.8. The normalized spacial score (nSPS) is 16.7. The number of hydrogen-bond donors (Lipinski definition) is 2. The number of pyridine rings is 1. The van der Waals surface area contributed by atoms with Crippen LogP contribution in [0.1, 0.15) is 25.3 Å². The van der Waals surface area contributed by atoms with Crippen LogP contribution in [0.15, 0.2) is 54.7 Å². The number of ether oxygens (including phenoxy) is 1. The summed E-state index contributed by atoms with van der Waals surface area (Å²) in [5.41, 5.74) is 0.854. The van der Waals surface area contributed by atoms with Gasteiger partial charge in [-0.1, -0.05) is 36.4 Å². The third-order valence-electron chi connectivity index (χ3n) is 4.67. The molecular formula is C21H24N4O4. The van der Waals surface area contributed by atoms with Crippen molar-refractivity contribution in [3.05, 3.63) is 60.3 Å². The van der Waals surface area contributed by atoms with Gasteiger partial charge >= 0.3 is 6.09 Å². The molecule has 0 unspecified atom stereocenters. The number of likely N-dealkylation sites (tertiary alicyclic amines) is 1. The van der Waals surface area contributed by atoms with Gasteiger partial charge in [0.25, 0.3) is 0 Å². The molecule has 0 radical (unpaired) electrons. The Hall–Kier alpha value is -3.42. The van der Waals surface area contributed by atoms with Gasteiger partial charge in [-0.25, -0.2) is 9.78 Å². The Morgan fingerprint density at radius 1 is 1.17 bits per heavy atom. The molecule has 1 fully saturated rings. The third kappa shape index (κ3) is 5.54. The van der Waals surface area contributed by atoms with Gasteiger partial charge in [-0.3, -0.25) is 9.59 Å². The van der Waals surface area contributed by atoms with Gasteiger partial charge in [0.2, 0.25) is 11.8 Å². The topological polar surface area (TPSA) is 101 Å². The van der Waals surface area contributed by atoms with Gasteiger partial charge in [-0.15, -0.1) is 0 Å². The molecule has 1 aromatic carbocycles. The van der Waals surface area contributed by atoms with E-state index in [1.807, 2.05) is 30.3 Å². The summed E-state index contributed by atoms with van der Waals surface area (Å²) in [4.78, 5) is 42.9.